The monoisotopic (exact) mass is 401 g/mol. The normalized spacial score (nSPS) is 11.3. The van der Waals surface area contributed by atoms with Gasteiger partial charge in [0.25, 0.3) is 11.6 Å². The first kappa shape index (κ1) is 21.7. The number of hydrogen-bond acceptors (Lipinski definition) is 6. The Morgan fingerprint density at radius 2 is 1.86 bits per heavy atom. The average molecular weight is 401 g/mol. The summed E-state index contributed by atoms with van der Waals surface area (Å²) in [4.78, 5) is 34.4. The number of carbonyl (C=O) groups is 2. The van der Waals surface area contributed by atoms with Crippen LogP contribution in [-0.2, 0) is 9.59 Å². The molecule has 0 spiro atoms. The van der Waals surface area contributed by atoms with Gasteiger partial charge in [-0.25, -0.2) is 0 Å². The molecule has 0 radical (unpaired) electrons. The smallest absolute Gasteiger partial charge is 0.270 e. The van der Waals surface area contributed by atoms with Crippen molar-refractivity contribution in [2.24, 2.45) is 0 Å². The Balaban J connectivity index is 2.18. The summed E-state index contributed by atoms with van der Waals surface area (Å²) in [6.45, 7) is 3.47. The van der Waals surface area contributed by atoms with Gasteiger partial charge < -0.3 is 20.1 Å². The molecule has 0 fully saturated rings. The third-order valence-corrected chi connectivity index (χ3v) is 4.06. The molecule has 0 aromatic heterocycles. The SMILES string of the molecule is CCNC(=O)[C@H](C)NC(=O)COc1ccc([N+](=O)[O-])cc1-c1ccc(OC)cc1. The molecule has 2 aromatic rings. The number of nitro benzene ring substituents is 1. The van der Waals surface area contributed by atoms with E-state index in [0.717, 1.165) is 0 Å². The van der Waals surface area contributed by atoms with E-state index >= 15 is 0 Å². The van der Waals surface area contributed by atoms with Crippen LogP contribution in [0.4, 0.5) is 5.69 Å². The van der Waals surface area contributed by atoms with Crippen molar-refractivity contribution >= 4 is 17.5 Å². The molecule has 0 aliphatic rings. The number of rotatable bonds is 9. The van der Waals surface area contributed by atoms with Crippen LogP contribution < -0.4 is 20.1 Å². The molecule has 0 aliphatic heterocycles. The van der Waals surface area contributed by atoms with Gasteiger partial charge in [0.05, 0.1) is 12.0 Å². The second-order valence-corrected chi connectivity index (χ2v) is 6.14. The van der Waals surface area contributed by atoms with Crippen LogP contribution in [0.1, 0.15) is 13.8 Å². The molecule has 0 saturated carbocycles. The van der Waals surface area contributed by atoms with Crippen LogP contribution >= 0.6 is 0 Å². The van der Waals surface area contributed by atoms with Crippen LogP contribution in [0.2, 0.25) is 0 Å². The van der Waals surface area contributed by atoms with E-state index in [-0.39, 0.29) is 18.2 Å². The van der Waals surface area contributed by atoms with Crippen molar-refractivity contribution in [3.63, 3.8) is 0 Å². The van der Waals surface area contributed by atoms with Gasteiger partial charge in [-0.2, -0.15) is 0 Å². The zero-order valence-corrected chi connectivity index (χ0v) is 16.4. The summed E-state index contributed by atoms with van der Waals surface area (Å²) < 4.78 is 10.7. The van der Waals surface area contributed by atoms with E-state index < -0.39 is 16.9 Å². The topological polar surface area (TPSA) is 120 Å². The first-order valence-corrected chi connectivity index (χ1v) is 8.98. The fourth-order valence-electron chi connectivity index (χ4n) is 2.57. The predicted octanol–water partition coefficient (Wildman–Crippen LogP) is 2.29. The van der Waals surface area contributed by atoms with E-state index in [1.54, 1.807) is 38.1 Å². The Morgan fingerprint density at radius 3 is 2.45 bits per heavy atom. The van der Waals surface area contributed by atoms with Crippen LogP contribution in [0.15, 0.2) is 42.5 Å². The highest BCUT2D eigenvalue weighted by Gasteiger charge is 2.17. The molecule has 9 heteroatoms. The van der Waals surface area contributed by atoms with Crippen molar-refractivity contribution in [1.29, 1.82) is 0 Å². The largest absolute Gasteiger partial charge is 0.497 e. The minimum atomic E-state index is -0.705. The third-order valence-electron chi connectivity index (χ3n) is 4.06. The van der Waals surface area contributed by atoms with Gasteiger partial charge in [0.15, 0.2) is 6.61 Å². The lowest BCUT2D eigenvalue weighted by molar-refractivity contribution is -0.384. The molecule has 0 unspecified atom stereocenters. The predicted molar refractivity (Wildman–Crippen MR) is 107 cm³/mol. The summed E-state index contributed by atoms with van der Waals surface area (Å²) in [6, 6.07) is 10.3. The standard InChI is InChI=1S/C20H23N3O6/c1-4-21-20(25)13(2)22-19(24)12-29-18-10-7-15(23(26)27)11-17(18)14-5-8-16(28-3)9-6-14/h5-11,13H,4,12H2,1-3H3,(H,21,25)(H,22,24)/t13-/m0/s1. The van der Waals surface area contributed by atoms with Crippen LogP contribution in [0, 0.1) is 10.1 Å². The van der Waals surface area contributed by atoms with E-state index in [4.69, 9.17) is 9.47 Å². The van der Waals surface area contributed by atoms with Gasteiger partial charge in [-0.3, -0.25) is 19.7 Å². The second kappa shape index (κ2) is 10.1. The van der Waals surface area contributed by atoms with Crippen LogP contribution in [0.3, 0.4) is 0 Å². The van der Waals surface area contributed by atoms with E-state index in [2.05, 4.69) is 10.6 Å². The quantitative estimate of drug-likeness (QED) is 0.491. The van der Waals surface area contributed by atoms with Crippen molar-refractivity contribution in [2.45, 2.75) is 19.9 Å². The molecule has 2 aromatic carbocycles. The number of amides is 2. The van der Waals surface area contributed by atoms with Gasteiger partial charge in [-0.1, -0.05) is 12.1 Å². The minimum absolute atomic E-state index is 0.0996. The Kier molecular flexibility index (Phi) is 7.53. The first-order chi connectivity index (χ1) is 13.8. The Hall–Kier alpha value is -3.62. The number of nitrogens with zero attached hydrogens (tertiary/aromatic N) is 1. The number of nitrogens with one attached hydrogen (secondary N) is 2. The van der Waals surface area contributed by atoms with Crippen molar-refractivity contribution in [3.05, 3.63) is 52.6 Å². The van der Waals surface area contributed by atoms with Crippen LogP contribution in [0.5, 0.6) is 11.5 Å². The molecule has 0 saturated heterocycles. The maximum Gasteiger partial charge on any atom is 0.270 e. The molecule has 9 nitrogen and oxygen atoms in total. The second-order valence-electron chi connectivity index (χ2n) is 6.14. The summed E-state index contributed by atoms with van der Waals surface area (Å²) in [5.74, 6) is 0.167. The maximum atomic E-state index is 12.1. The van der Waals surface area contributed by atoms with Crippen molar-refractivity contribution in [2.75, 3.05) is 20.3 Å². The summed E-state index contributed by atoms with van der Waals surface area (Å²) in [5.41, 5.74) is 1.03. The van der Waals surface area contributed by atoms with E-state index in [1.165, 1.54) is 25.3 Å². The zero-order valence-electron chi connectivity index (χ0n) is 16.4. The minimum Gasteiger partial charge on any atom is -0.497 e. The molecule has 154 valence electrons. The van der Waals surface area contributed by atoms with Gasteiger partial charge in [0, 0.05) is 24.2 Å². The van der Waals surface area contributed by atoms with Crippen molar-refractivity contribution in [3.8, 4) is 22.6 Å². The van der Waals surface area contributed by atoms with Gasteiger partial charge in [0.1, 0.15) is 17.5 Å². The lowest BCUT2D eigenvalue weighted by Crippen LogP contribution is -2.46. The van der Waals surface area contributed by atoms with E-state index in [9.17, 15) is 19.7 Å². The number of hydrogen-bond donors (Lipinski definition) is 2. The van der Waals surface area contributed by atoms with E-state index in [1.807, 2.05) is 0 Å². The Labute approximate surface area is 168 Å². The molecule has 2 amide bonds. The summed E-state index contributed by atoms with van der Waals surface area (Å²) in [5, 5.41) is 16.3. The third kappa shape index (κ3) is 5.93. The fourth-order valence-corrected chi connectivity index (χ4v) is 2.57. The number of carbonyl (C=O) groups excluding carboxylic acids is 2. The van der Waals surface area contributed by atoms with Gasteiger partial charge in [-0.15, -0.1) is 0 Å². The molecule has 1 atom stereocenters. The lowest BCUT2D eigenvalue weighted by atomic mass is 10.0. The van der Waals surface area contributed by atoms with Crippen molar-refractivity contribution < 1.29 is 24.0 Å². The number of likely N-dealkylation sites (N-methyl/N-ethyl adjacent to an activating group) is 1. The molecular formula is C20H23N3O6. The number of benzene rings is 2. The number of methoxy groups -OCH3 is 1. The van der Waals surface area contributed by atoms with Gasteiger partial charge in [0.2, 0.25) is 5.91 Å². The zero-order chi connectivity index (χ0) is 21.4. The van der Waals surface area contributed by atoms with Gasteiger partial charge in [-0.05, 0) is 37.6 Å². The fraction of sp³-hybridized carbons (Fsp3) is 0.300. The molecule has 0 bridgehead atoms. The maximum absolute atomic E-state index is 12.1. The summed E-state index contributed by atoms with van der Waals surface area (Å²) in [6.07, 6.45) is 0. The molecule has 0 aliphatic carbocycles. The van der Waals surface area contributed by atoms with Crippen molar-refractivity contribution in [1.82, 2.24) is 10.6 Å². The van der Waals surface area contributed by atoms with E-state index in [0.29, 0.717) is 29.2 Å². The highest BCUT2D eigenvalue weighted by molar-refractivity contribution is 5.87. The summed E-state index contributed by atoms with van der Waals surface area (Å²) >= 11 is 0. The highest BCUT2D eigenvalue weighted by Crippen LogP contribution is 2.34. The molecular weight excluding hydrogens is 378 g/mol. The first-order valence-electron chi connectivity index (χ1n) is 8.98. The van der Waals surface area contributed by atoms with Crippen LogP contribution in [0.25, 0.3) is 11.1 Å². The number of ether oxygens (including phenoxy) is 2. The average Bonchev–Trinajstić information content (AvgIpc) is 2.72. The molecule has 2 N–H and O–H groups in total. The molecule has 29 heavy (non-hydrogen) atoms. The number of non-ortho nitro benzene ring substituents is 1. The molecule has 0 heterocycles. The Morgan fingerprint density at radius 1 is 1.17 bits per heavy atom. The Bertz CT molecular complexity index is 882. The van der Waals surface area contributed by atoms with Crippen LogP contribution in [-0.4, -0.2) is 43.0 Å². The summed E-state index contributed by atoms with van der Waals surface area (Å²) in [7, 11) is 1.54. The lowest BCUT2D eigenvalue weighted by Gasteiger charge is -2.15. The number of nitro groups is 1. The highest BCUT2D eigenvalue weighted by atomic mass is 16.6. The molecule has 2 rings (SSSR count). The van der Waals surface area contributed by atoms with Gasteiger partial charge >= 0.3 is 0 Å².